The van der Waals surface area contributed by atoms with Gasteiger partial charge >= 0.3 is 0 Å². The first-order valence-corrected chi connectivity index (χ1v) is 5.87. The first kappa shape index (κ1) is 12.9. The first-order valence-electron chi connectivity index (χ1n) is 5.87. The summed E-state index contributed by atoms with van der Waals surface area (Å²) in [5.74, 6) is -0.267. The van der Waals surface area contributed by atoms with Gasteiger partial charge in [0.2, 0.25) is 5.91 Å². The molecule has 5 heteroatoms. The second-order valence-electron chi connectivity index (χ2n) is 4.34. The lowest BCUT2D eigenvalue weighted by Crippen LogP contribution is -2.26. The Hall–Kier alpha value is -2.56. The minimum atomic E-state index is -0.267. The molecule has 0 atom stereocenters. The van der Waals surface area contributed by atoms with Crippen LogP contribution in [0.2, 0.25) is 0 Å². The number of carbonyl (C=O) groups excluding carboxylic acids is 1. The molecular weight excluding hydrogens is 242 g/mol. The summed E-state index contributed by atoms with van der Waals surface area (Å²) < 4.78 is 1.36. The molecule has 2 rings (SSSR count). The van der Waals surface area contributed by atoms with Crippen LogP contribution in [-0.4, -0.2) is 10.5 Å². The van der Waals surface area contributed by atoms with Gasteiger partial charge in [0.1, 0.15) is 6.54 Å². The van der Waals surface area contributed by atoms with Gasteiger partial charge in [0.15, 0.2) is 0 Å². The number of carbonyl (C=O) groups is 1. The number of rotatable bonds is 3. The third-order valence-electron chi connectivity index (χ3n) is 2.64. The number of aryl methyl sites for hydroxylation is 1. The smallest absolute Gasteiger partial charge is 0.251 e. The van der Waals surface area contributed by atoms with Gasteiger partial charge in [0, 0.05) is 23.6 Å². The Bertz CT molecular complexity index is 662. The zero-order valence-electron chi connectivity index (χ0n) is 10.6. The first-order chi connectivity index (χ1) is 9.04. The van der Waals surface area contributed by atoms with Gasteiger partial charge in [0.25, 0.3) is 5.56 Å². The lowest BCUT2D eigenvalue weighted by atomic mass is 10.3. The number of nitrogen functional groups attached to an aromatic ring is 1. The van der Waals surface area contributed by atoms with Gasteiger partial charge < -0.3 is 15.6 Å². The molecule has 0 unspecified atom stereocenters. The molecule has 0 radical (unpaired) electrons. The highest BCUT2D eigenvalue weighted by Crippen LogP contribution is 2.11. The molecule has 0 aliphatic rings. The highest BCUT2D eigenvalue weighted by molar-refractivity contribution is 5.90. The zero-order chi connectivity index (χ0) is 13.8. The molecule has 5 nitrogen and oxygen atoms in total. The molecule has 1 heterocycles. The van der Waals surface area contributed by atoms with Gasteiger partial charge in [-0.05, 0) is 36.8 Å². The van der Waals surface area contributed by atoms with Crippen LogP contribution >= 0.6 is 0 Å². The minimum Gasteiger partial charge on any atom is -0.399 e. The van der Waals surface area contributed by atoms with Crippen molar-refractivity contribution in [3.63, 3.8) is 0 Å². The molecule has 0 bridgehead atoms. The number of amides is 1. The Balaban J connectivity index is 2.07. The van der Waals surface area contributed by atoms with Crippen LogP contribution < -0.4 is 16.6 Å². The molecule has 0 saturated carbocycles. The normalized spacial score (nSPS) is 10.2. The quantitative estimate of drug-likeness (QED) is 0.815. The van der Waals surface area contributed by atoms with E-state index in [1.54, 1.807) is 36.5 Å². The fraction of sp³-hybridized carbons (Fsp3) is 0.143. The molecule has 1 amide bonds. The lowest BCUT2D eigenvalue weighted by Gasteiger charge is -2.08. The summed E-state index contributed by atoms with van der Waals surface area (Å²) >= 11 is 0. The SMILES string of the molecule is Cc1ccn(CC(=O)Nc2cccc(N)c2)c(=O)c1. The van der Waals surface area contributed by atoms with Crippen LogP contribution in [0.5, 0.6) is 0 Å². The highest BCUT2D eigenvalue weighted by atomic mass is 16.2. The van der Waals surface area contributed by atoms with E-state index in [1.165, 1.54) is 10.6 Å². The Morgan fingerprint density at radius 1 is 1.32 bits per heavy atom. The van der Waals surface area contributed by atoms with E-state index in [0.29, 0.717) is 11.4 Å². The van der Waals surface area contributed by atoms with E-state index >= 15 is 0 Å². The summed E-state index contributed by atoms with van der Waals surface area (Å²) in [6.45, 7) is 1.81. The average molecular weight is 257 g/mol. The van der Waals surface area contributed by atoms with Gasteiger partial charge in [-0.2, -0.15) is 0 Å². The van der Waals surface area contributed by atoms with Crippen molar-refractivity contribution in [1.82, 2.24) is 4.57 Å². The van der Waals surface area contributed by atoms with E-state index in [9.17, 15) is 9.59 Å². The van der Waals surface area contributed by atoms with E-state index in [2.05, 4.69) is 5.32 Å². The van der Waals surface area contributed by atoms with E-state index in [0.717, 1.165) is 5.56 Å². The lowest BCUT2D eigenvalue weighted by molar-refractivity contribution is -0.116. The molecule has 19 heavy (non-hydrogen) atoms. The topological polar surface area (TPSA) is 77.1 Å². The van der Waals surface area contributed by atoms with Crippen LogP contribution in [0.3, 0.4) is 0 Å². The molecule has 0 spiro atoms. The average Bonchev–Trinajstić information content (AvgIpc) is 2.33. The summed E-state index contributed by atoms with van der Waals surface area (Å²) in [7, 11) is 0. The Labute approximate surface area is 110 Å². The van der Waals surface area contributed by atoms with Crippen LogP contribution in [0.4, 0.5) is 11.4 Å². The van der Waals surface area contributed by atoms with Gasteiger partial charge in [0.05, 0.1) is 0 Å². The zero-order valence-corrected chi connectivity index (χ0v) is 10.6. The van der Waals surface area contributed by atoms with Crippen molar-refractivity contribution in [2.75, 3.05) is 11.1 Å². The Morgan fingerprint density at radius 3 is 2.79 bits per heavy atom. The fourth-order valence-electron chi connectivity index (χ4n) is 1.71. The van der Waals surface area contributed by atoms with Crippen LogP contribution in [0.1, 0.15) is 5.56 Å². The summed E-state index contributed by atoms with van der Waals surface area (Å²) in [6.07, 6.45) is 1.61. The number of aromatic nitrogens is 1. The third-order valence-corrected chi connectivity index (χ3v) is 2.64. The van der Waals surface area contributed by atoms with Crippen molar-refractivity contribution in [3.05, 3.63) is 58.5 Å². The van der Waals surface area contributed by atoms with Crippen molar-refractivity contribution in [1.29, 1.82) is 0 Å². The maximum absolute atomic E-state index is 11.8. The van der Waals surface area contributed by atoms with Crippen LogP contribution in [-0.2, 0) is 11.3 Å². The predicted octanol–water partition coefficient (Wildman–Crippen LogP) is 1.38. The van der Waals surface area contributed by atoms with Gasteiger partial charge in [-0.15, -0.1) is 0 Å². The van der Waals surface area contributed by atoms with Crippen molar-refractivity contribution >= 4 is 17.3 Å². The second kappa shape index (κ2) is 5.39. The molecule has 98 valence electrons. The number of benzene rings is 1. The largest absolute Gasteiger partial charge is 0.399 e. The standard InChI is InChI=1S/C14H15N3O2/c1-10-5-6-17(14(19)7-10)9-13(18)16-12-4-2-3-11(15)8-12/h2-8H,9,15H2,1H3,(H,16,18). The third kappa shape index (κ3) is 3.45. The van der Waals surface area contributed by atoms with Gasteiger partial charge in [-0.3, -0.25) is 9.59 Å². The number of hydrogen-bond donors (Lipinski definition) is 2. The number of anilines is 2. The van der Waals surface area contributed by atoms with E-state index in [1.807, 2.05) is 6.92 Å². The molecule has 1 aromatic heterocycles. The molecule has 0 saturated heterocycles. The summed E-state index contributed by atoms with van der Waals surface area (Å²) in [6, 6.07) is 10.2. The number of nitrogens with two attached hydrogens (primary N) is 1. The van der Waals surface area contributed by atoms with Crippen molar-refractivity contribution in [3.8, 4) is 0 Å². The fourth-order valence-corrected chi connectivity index (χ4v) is 1.71. The van der Waals surface area contributed by atoms with Crippen molar-refractivity contribution in [2.45, 2.75) is 13.5 Å². The molecule has 0 aliphatic heterocycles. The van der Waals surface area contributed by atoms with Crippen molar-refractivity contribution < 1.29 is 4.79 Å². The number of nitrogens with zero attached hydrogens (tertiary/aromatic N) is 1. The van der Waals surface area contributed by atoms with E-state index < -0.39 is 0 Å². The van der Waals surface area contributed by atoms with Crippen LogP contribution in [0.15, 0.2) is 47.4 Å². The Morgan fingerprint density at radius 2 is 2.11 bits per heavy atom. The molecule has 0 aliphatic carbocycles. The second-order valence-corrected chi connectivity index (χ2v) is 4.34. The van der Waals surface area contributed by atoms with Crippen LogP contribution in [0.25, 0.3) is 0 Å². The molecule has 3 N–H and O–H groups in total. The maximum atomic E-state index is 11.8. The summed E-state index contributed by atoms with van der Waals surface area (Å²) in [4.78, 5) is 23.5. The molecule has 1 aromatic carbocycles. The highest BCUT2D eigenvalue weighted by Gasteiger charge is 2.05. The van der Waals surface area contributed by atoms with E-state index in [4.69, 9.17) is 5.73 Å². The van der Waals surface area contributed by atoms with Crippen molar-refractivity contribution in [2.24, 2.45) is 0 Å². The summed E-state index contributed by atoms with van der Waals surface area (Å²) in [5, 5.41) is 2.69. The molecular formula is C14H15N3O2. The van der Waals surface area contributed by atoms with Crippen LogP contribution in [0, 0.1) is 6.92 Å². The number of hydrogen-bond acceptors (Lipinski definition) is 3. The number of nitrogens with one attached hydrogen (secondary N) is 1. The predicted molar refractivity (Wildman–Crippen MR) is 74.9 cm³/mol. The number of pyridine rings is 1. The van der Waals surface area contributed by atoms with Gasteiger partial charge in [-0.25, -0.2) is 0 Å². The van der Waals surface area contributed by atoms with E-state index in [-0.39, 0.29) is 18.0 Å². The Kier molecular flexibility index (Phi) is 3.66. The molecule has 2 aromatic rings. The monoisotopic (exact) mass is 257 g/mol. The molecule has 0 fully saturated rings. The minimum absolute atomic E-state index is 0.0199. The maximum Gasteiger partial charge on any atom is 0.251 e. The summed E-state index contributed by atoms with van der Waals surface area (Å²) in [5.41, 5.74) is 7.49. The van der Waals surface area contributed by atoms with Gasteiger partial charge in [-0.1, -0.05) is 6.07 Å².